The fraction of sp³-hybridized carbons (Fsp3) is 0.525. The maximum Gasteiger partial charge on any atom is 0.310 e. The number of ether oxygens (including phenoxy) is 1. The second kappa shape index (κ2) is 15.6. The topological polar surface area (TPSA) is 122 Å². The molecule has 2 atom stereocenters. The first-order valence-corrected chi connectivity index (χ1v) is 18.8. The van der Waals surface area contributed by atoms with E-state index in [0.29, 0.717) is 10.7 Å². The number of hydrogen-bond acceptors (Lipinski definition) is 7. The van der Waals surface area contributed by atoms with Crippen LogP contribution in [-0.4, -0.2) is 70.6 Å². The van der Waals surface area contributed by atoms with Crippen LogP contribution in [0.5, 0.6) is 0 Å². The molecule has 1 aromatic carbocycles. The van der Waals surface area contributed by atoms with Crippen molar-refractivity contribution in [2.75, 3.05) is 26.8 Å². The standard InChI is InChI=1S/C40H50N4O5S/c1-40(2,3)35-18-17-34(50-35)37(45)43-33(38(46)44-22-32(23-44)39(47)48)19-25-5-11-30(12-6-25)36-41-20-31(21-42-36)29-15-13-28(14-16-29)27-9-7-26(8-10-27)24-49-4/h5-6,11-12,15,17-18,20-21,26-28,32-33H,7-10,13-14,16,19,22-24H2,1-4H3,(H,43,45)(H,47,48)/t26?,27?,28?,33-/m0/s1. The number of carboxylic acid groups (broad SMARTS) is 1. The molecule has 2 aromatic heterocycles. The molecule has 0 bridgehead atoms. The number of aliphatic carboxylic acids is 1. The number of thiophene rings is 1. The Morgan fingerprint density at radius 3 is 2.24 bits per heavy atom. The second-order valence-electron chi connectivity index (χ2n) is 15.4. The number of carboxylic acids is 1. The monoisotopic (exact) mass is 698 g/mol. The number of aromatic nitrogens is 2. The Hall–Kier alpha value is -3.89. The lowest BCUT2D eigenvalue weighted by atomic mass is 9.71. The minimum absolute atomic E-state index is 0.0892. The van der Waals surface area contributed by atoms with E-state index in [1.165, 1.54) is 53.9 Å². The third kappa shape index (κ3) is 8.52. The number of carbonyl (C=O) groups is 3. The van der Waals surface area contributed by atoms with Crippen molar-refractivity contribution in [3.05, 3.63) is 75.7 Å². The maximum atomic E-state index is 13.5. The van der Waals surface area contributed by atoms with Gasteiger partial charge in [-0.25, -0.2) is 9.97 Å². The molecule has 1 unspecified atom stereocenters. The molecule has 2 amide bonds. The van der Waals surface area contributed by atoms with Crippen LogP contribution in [0.2, 0.25) is 0 Å². The first kappa shape index (κ1) is 35.9. The summed E-state index contributed by atoms with van der Waals surface area (Å²) >= 11 is 1.42. The van der Waals surface area contributed by atoms with Crippen LogP contribution >= 0.6 is 11.3 Å². The minimum atomic E-state index is -0.913. The number of benzene rings is 1. The molecule has 1 saturated heterocycles. The maximum absolute atomic E-state index is 13.5. The van der Waals surface area contributed by atoms with Gasteiger partial charge < -0.3 is 20.1 Å². The van der Waals surface area contributed by atoms with Crippen molar-refractivity contribution >= 4 is 34.7 Å². The van der Waals surface area contributed by atoms with Gasteiger partial charge >= 0.3 is 5.97 Å². The molecular formula is C40H50N4O5S. The van der Waals surface area contributed by atoms with Gasteiger partial charge in [-0.1, -0.05) is 51.1 Å². The zero-order valence-corrected chi connectivity index (χ0v) is 30.5. The number of nitrogens with zero attached hydrogens (tertiary/aromatic N) is 3. The van der Waals surface area contributed by atoms with Gasteiger partial charge in [-0.3, -0.25) is 14.4 Å². The Morgan fingerprint density at radius 2 is 1.66 bits per heavy atom. The highest BCUT2D eigenvalue weighted by Crippen LogP contribution is 2.41. The van der Waals surface area contributed by atoms with E-state index in [-0.39, 0.29) is 36.7 Å². The molecule has 10 heteroatoms. The summed E-state index contributed by atoms with van der Waals surface area (Å²) in [5.74, 6) is 0.900. The van der Waals surface area contributed by atoms with Gasteiger partial charge in [0.1, 0.15) is 6.04 Å². The highest BCUT2D eigenvalue weighted by atomic mass is 32.1. The Bertz CT molecular complexity index is 1680. The van der Waals surface area contributed by atoms with Crippen molar-refractivity contribution < 1.29 is 24.2 Å². The van der Waals surface area contributed by atoms with E-state index in [9.17, 15) is 19.5 Å². The smallest absolute Gasteiger partial charge is 0.310 e. The molecule has 3 aromatic rings. The second-order valence-corrected chi connectivity index (χ2v) is 16.5. The number of amides is 2. The van der Waals surface area contributed by atoms with Crippen molar-refractivity contribution in [1.29, 1.82) is 0 Å². The zero-order chi connectivity index (χ0) is 35.4. The fourth-order valence-corrected chi connectivity index (χ4v) is 8.57. The summed E-state index contributed by atoms with van der Waals surface area (Å²) in [6.07, 6.45) is 15.2. The van der Waals surface area contributed by atoms with E-state index in [4.69, 9.17) is 14.7 Å². The average molecular weight is 699 g/mol. The lowest BCUT2D eigenvalue weighted by Crippen LogP contribution is -2.59. The molecule has 2 N–H and O–H groups in total. The first-order valence-electron chi connectivity index (χ1n) is 18.0. The predicted octanol–water partition coefficient (Wildman–Crippen LogP) is 7.02. The molecule has 50 heavy (non-hydrogen) atoms. The first-order chi connectivity index (χ1) is 24.0. The number of rotatable bonds is 11. The highest BCUT2D eigenvalue weighted by molar-refractivity contribution is 7.14. The molecule has 1 saturated carbocycles. The normalized spacial score (nSPS) is 22.0. The summed E-state index contributed by atoms with van der Waals surface area (Å²) in [5, 5.41) is 12.3. The Kier molecular flexibility index (Phi) is 11.2. The molecule has 2 aliphatic carbocycles. The van der Waals surface area contributed by atoms with Crippen LogP contribution in [0.1, 0.15) is 91.4 Å². The summed E-state index contributed by atoms with van der Waals surface area (Å²) in [4.78, 5) is 50.7. The molecule has 2 fully saturated rings. The van der Waals surface area contributed by atoms with Crippen LogP contribution in [0.15, 0.2) is 54.9 Å². The fourth-order valence-electron chi connectivity index (χ4n) is 7.60. The van der Waals surface area contributed by atoms with Crippen molar-refractivity contribution in [3.63, 3.8) is 0 Å². The van der Waals surface area contributed by atoms with Gasteiger partial charge in [0, 0.05) is 61.6 Å². The van der Waals surface area contributed by atoms with E-state index in [1.807, 2.05) is 49.8 Å². The van der Waals surface area contributed by atoms with Gasteiger partial charge in [-0.05, 0) is 91.4 Å². The van der Waals surface area contributed by atoms with Crippen LogP contribution in [0, 0.1) is 23.7 Å². The molecular weight excluding hydrogens is 649 g/mol. The van der Waals surface area contributed by atoms with Crippen molar-refractivity contribution in [2.24, 2.45) is 23.7 Å². The van der Waals surface area contributed by atoms with Gasteiger partial charge in [-0.15, -0.1) is 11.3 Å². The summed E-state index contributed by atoms with van der Waals surface area (Å²) in [6, 6.07) is 10.7. The summed E-state index contributed by atoms with van der Waals surface area (Å²) < 4.78 is 5.38. The van der Waals surface area contributed by atoms with E-state index in [2.05, 4.69) is 32.2 Å². The van der Waals surface area contributed by atoms with Gasteiger partial charge in [0.25, 0.3) is 5.91 Å². The summed E-state index contributed by atoms with van der Waals surface area (Å²) in [6.45, 7) is 7.48. The van der Waals surface area contributed by atoms with Crippen LogP contribution < -0.4 is 5.32 Å². The number of hydrogen-bond donors (Lipinski definition) is 2. The van der Waals surface area contributed by atoms with Crippen LogP contribution in [0.25, 0.3) is 17.0 Å². The quantitative estimate of drug-likeness (QED) is 0.221. The SMILES string of the molecule is COCC1CCC(C2CC=C(c3cnc(-c4ccc(C[C@H](NC(=O)c5ccc(C(C)(C)C)s5)C(=O)N5CC(C(=O)O)C5)cc4)nc3)CC2)CC1. The van der Waals surface area contributed by atoms with Crippen LogP contribution in [0.3, 0.4) is 0 Å². The van der Waals surface area contributed by atoms with Gasteiger partial charge in [-0.2, -0.15) is 0 Å². The Balaban J connectivity index is 1.08. The third-order valence-electron chi connectivity index (χ3n) is 10.8. The Morgan fingerprint density at radius 1 is 0.960 bits per heavy atom. The molecule has 1 aliphatic heterocycles. The molecule has 6 rings (SSSR count). The van der Waals surface area contributed by atoms with Gasteiger partial charge in [0.05, 0.1) is 10.8 Å². The summed E-state index contributed by atoms with van der Waals surface area (Å²) in [7, 11) is 1.81. The van der Waals surface area contributed by atoms with E-state index >= 15 is 0 Å². The number of nitrogens with one attached hydrogen (secondary N) is 1. The van der Waals surface area contributed by atoms with E-state index in [0.717, 1.165) is 58.8 Å². The Labute approximate surface area is 299 Å². The minimum Gasteiger partial charge on any atom is -0.481 e. The number of likely N-dealkylation sites (tertiary alicyclic amines) is 1. The zero-order valence-electron chi connectivity index (χ0n) is 29.7. The van der Waals surface area contributed by atoms with Gasteiger partial charge in [0.15, 0.2) is 5.82 Å². The predicted molar refractivity (Wildman–Crippen MR) is 196 cm³/mol. The van der Waals surface area contributed by atoms with Crippen LogP contribution in [-0.2, 0) is 26.2 Å². The van der Waals surface area contributed by atoms with Crippen molar-refractivity contribution in [1.82, 2.24) is 20.2 Å². The number of methoxy groups -OCH3 is 1. The lowest BCUT2D eigenvalue weighted by Gasteiger charge is -2.38. The van der Waals surface area contributed by atoms with E-state index < -0.39 is 17.9 Å². The van der Waals surface area contributed by atoms with Crippen LogP contribution in [0.4, 0.5) is 0 Å². The largest absolute Gasteiger partial charge is 0.481 e. The van der Waals surface area contributed by atoms with E-state index in [1.54, 1.807) is 6.07 Å². The summed E-state index contributed by atoms with van der Waals surface area (Å²) in [5.41, 5.74) is 4.07. The number of carbonyl (C=O) groups excluding carboxylic acids is 2. The highest BCUT2D eigenvalue weighted by Gasteiger charge is 2.39. The molecule has 0 spiro atoms. The van der Waals surface area contributed by atoms with Crippen molar-refractivity contribution in [2.45, 2.75) is 83.6 Å². The van der Waals surface area contributed by atoms with Crippen molar-refractivity contribution in [3.8, 4) is 11.4 Å². The molecule has 0 radical (unpaired) electrons. The lowest BCUT2D eigenvalue weighted by molar-refractivity contribution is -0.153. The molecule has 3 heterocycles. The third-order valence-corrected chi connectivity index (χ3v) is 12.3. The molecule has 3 aliphatic rings. The molecule has 266 valence electrons. The number of allylic oxidation sites excluding steroid dienone is 2. The average Bonchev–Trinajstić information content (AvgIpc) is 3.60. The van der Waals surface area contributed by atoms with Gasteiger partial charge in [0.2, 0.25) is 5.91 Å². The molecule has 9 nitrogen and oxygen atoms in total.